The molecule has 8 heteroatoms. The Morgan fingerprint density at radius 1 is 1.00 bits per heavy atom. The van der Waals surface area contributed by atoms with E-state index in [0.717, 1.165) is 18.0 Å². The van der Waals surface area contributed by atoms with Crippen LogP contribution in [0.15, 0.2) is 30.3 Å². The van der Waals surface area contributed by atoms with Gasteiger partial charge in [-0.25, -0.2) is 9.37 Å². The van der Waals surface area contributed by atoms with Gasteiger partial charge in [0.1, 0.15) is 19.0 Å². The third-order valence-electron chi connectivity index (χ3n) is 5.85. The Balaban J connectivity index is 0.000000166. The van der Waals surface area contributed by atoms with Gasteiger partial charge in [0.25, 0.3) is 17.7 Å². The van der Waals surface area contributed by atoms with E-state index < -0.39 is 0 Å². The minimum absolute atomic E-state index is 0.0175. The SMILES string of the molecule is CC(c1nc2c(cc1F)OCCO2)N1CCCCC1.CN1C(=O)c2ccccc2C1=O. The molecule has 164 valence electrons. The van der Waals surface area contributed by atoms with Crippen LogP contribution >= 0.6 is 0 Å². The zero-order valence-electron chi connectivity index (χ0n) is 17.8. The fourth-order valence-electron chi connectivity index (χ4n) is 4.05. The number of carbonyl (C=O) groups is 2. The molecule has 7 nitrogen and oxygen atoms in total. The van der Waals surface area contributed by atoms with Crippen LogP contribution in [0.4, 0.5) is 4.39 Å². The van der Waals surface area contributed by atoms with Crippen molar-refractivity contribution in [1.29, 1.82) is 0 Å². The lowest BCUT2D eigenvalue weighted by Crippen LogP contribution is -2.33. The summed E-state index contributed by atoms with van der Waals surface area (Å²) < 4.78 is 24.9. The summed E-state index contributed by atoms with van der Waals surface area (Å²) in [6.07, 6.45) is 3.62. The second-order valence-electron chi connectivity index (χ2n) is 7.84. The van der Waals surface area contributed by atoms with Crippen LogP contribution in [0.2, 0.25) is 0 Å². The molecule has 4 heterocycles. The maximum Gasteiger partial charge on any atom is 0.261 e. The van der Waals surface area contributed by atoms with Crippen molar-refractivity contribution in [2.75, 3.05) is 33.4 Å². The van der Waals surface area contributed by atoms with Crippen molar-refractivity contribution in [3.8, 4) is 11.6 Å². The molecular weight excluding hydrogens is 401 g/mol. The highest BCUT2D eigenvalue weighted by Gasteiger charge is 2.31. The maximum atomic E-state index is 14.2. The van der Waals surface area contributed by atoms with Crippen LogP contribution in [0.25, 0.3) is 0 Å². The minimum Gasteiger partial charge on any atom is -0.484 e. The topological polar surface area (TPSA) is 72.0 Å². The molecule has 2 aromatic rings. The highest BCUT2D eigenvalue weighted by atomic mass is 19.1. The van der Waals surface area contributed by atoms with Gasteiger partial charge in [0.2, 0.25) is 0 Å². The number of likely N-dealkylation sites (tertiary alicyclic amines) is 1. The minimum atomic E-state index is -0.303. The van der Waals surface area contributed by atoms with Crippen molar-refractivity contribution in [2.45, 2.75) is 32.2 Å². The molecule has 3 aliphatic rings. The summed E-state index contributed by atoms with van der Waals surface area (Å²) in [5.41, 5.74) is 1.47. The lowest BCUT2D eigenvalue weighted by atomic mass is 10.1. The Hall–Kier alpha value is -3.00. The molecule has 0 aliphatic carbocycles. The molecule has 1 unspecified atom stereocenters. The average Bonchev–Trinajstić information content (AvgIpc) is 3.03. The van der Waals surface area contributed by atoms with Crippen LogP contribution in [-0.4, -0.2) is 59.9 Å². The number of halogens is 1. The molecule has 2 amide bonds. The number of benzene rings is 1. The molecule has 5 rings (SSSR count). The van der Waals surface area contributed by atoms with Crippen LogP contribution in [0.3, 0.4) is 0 Å². The van der Waals surface area contributed by atoms with Crippen LogP contribution in [-0.2, 0) is 0 Å². The van der Waals surface area contributed by atoms with Crippen molar-refractivity contribution in [3.63, 3.8) is 0 Å². The number of carbonyl (C=O) groups excluding carboxylic acids is 2. The number of fused-ring (bicyclic) bond motifs is 2. The van der Waals surface area contributed by atoms with E-state index in [2.05, 4.69) is 9.88 Å². The van der Waals surface area contributed by atoms with Crippen molar-refractivity contribution < 1.29 is 23.5 Å². The number of ether oxygens (including phenoxy) is 2. The average molecular weight is 427 g/mol. The fourth-order valence-corrected chi connectivity index (χ4v) is 4.05. The number of amides is 2. The predicted octanol–water partition coefficient (Wildman–Crippen LogP) is 3.45. The zero-order valence-corrected chi connectivity index (χ0v) is 17.8. The van der Waals surface area contributed by atoms with Gasteiger partial charge in [-0.1, -0.05) is 18.6 Å². The molecule has 0 bridgehead atoms. The number of aromatic nitrogens is 1. The van der Waals surface area contributed by atoms with Crippen LogP contribution < -0.4 is 9.47 Å². The van der Waals surface area contributed by atoms with E-state index in [4.69, 9.17) is 9.47 Å². The maximum absolute atomic E-state index is 14.2. The van der Waals surface area contributed by atoms with E-state index in [9.17, 15) is 14.0 Å². The molecular formula is C23H26FN3O4. The molecule has 1 aromatic heterocycles. The number of pyridine rings is 1. The summed E-state index contributed by atoms with van der Waals surface area (Å²) in [5.74, 6) is 0.110. The quantitative estimate of drug-likeness (QED) is 0.684. The summed E-state index contributed by atoms with van der Waals surface area (Å²) in [4.78, 5) is 30.4. The highest BCUT2D eigenvalue weighted by Crippen LogP contribution is 2.33. The Labute approximate surface area is 180 Å². The molecule has 31 heavy (non-hydrogen) atoms. The Morgan fingerprint density at radius 3 is 2.26 bits per heavy atom. The Kier molecular flexibility index (Phi) is 6.18. The van der Waals surface area contributed by atoms with E-state index >= 15 is 0 Å². The molecule has 0 saturated carbocycles. The predicted molar refractivity (Wildman–Crippen MR) is 112 cm³/mol. The first kappa shape index (κ1) is 21.2. The molecule has 1 atom stereocenters. The monoisotopic (exact) mass is 427 g/mol. The third-order valence-corrected chi connectivity index (χ3v) is 5.85. The lowest BCUT2D eigenvalue weighted by molar-refractivity contribution is 0.0693. The first-order chi connectivity index (χ1) is 15.0. The molecule has 1 aromatic carbocycles. The first-order valence-electron chi connectivity index (χ1n) is 10.6. The number of imide groups is 1. The summed E-state index contributed by atoms with van der Waals surface area (Å²) in [6, 6.07) is 8.22. The first-order valence-corrected chi connectivity index (χ1v) is 10.6. The number of piperidine rings is 1. The molecule has 1 fully saturated rings. The molecule has 0 spiro atoms. The highest BCUT2D eigenvalue weighted by molar-refractivity contribution is 6.21. The standard InChI is InChI=1S/C14H19FN2O2.C9H7NO2/c1-10(17-5-3-2-4-6-17)13-11(15)9-12-14(16-13)19-8-7-18-12;1-10-8(11)6-4-2-3-5-7(6)9(10)12/h9-10H,2-8H2,1H3;2-5H,1H3. The third kappa shape index (κ3) is 4.25. The van der Waals surface area contributed by atoms with Gasteiger partial charge >= 0.3 is 0 Å². The van der Waals surface area contributed by atoms with E-state index in [1.54, 1.807) is 24.3 Å². The van der Waals surface area contributed by atoms with E-state index in [-0.39, 0.29) is 23.7 Å². The Bertz CT molecular complexity index is 956. The van der Waals surface area contributed by atoms with Crippen LogP contribution in [0, 0.1) is 5.82 Å². The smallest absolute Gasteiger partial charge is 0.261 e. The van der Waals surface area contributed by atoms with Gasteiger partial charge in [0.15, 0.2) is 5.75 Å². The molecule has 1 saturated heterocycles. The van der Waals surface area contributed by atoms with Crippen molar-refractivity contribution in [1.82, 2.24) is 14.8 Å². The zero-order chi connectivity index (χ0) is 22.0. The lowest BCUT2D eigenvalue weighted by Gasteiger charge is -2.32. The van der Waals surface area contributed by atoms with Crippen LogP contribution in [0.1, 0.15) is 58.6 Å². The van der Waals surface area contributed by atoms with E-state index in [1.807, 2.05) is 6.92 Å². The van der Waals surface area contributed by atoms with Crippen molar-refractivity contribution >= 4 is 11.8 Å². The van der Waals surface area contributed by atoms with E-state index in [1.165, 1.54) is 32.4 Å². The van der Waals surface area contributed by atoms with Crippen LogP contribution in [0.5, 0.6) is 11.6 Å². The number of hydrogen-bond donors (Lipinski definition) is 0. The van der Waals surface area contributed by atoms with Gasteiger partial charge in [-0.05, 0) is 45.0 Å². The van der Waals surface area contributed by atoms with Gasteiger partial charge in [0.05, 0.1) is 22.9 Å². The van der Waals surface area contributed by atoms with E-state index in [0.29, 0.717) is 41.7 Å². The number of rotatable bonds is 2. The van der Waals surface area contributed by atoms with Gasteiger partial charge in [-0.3, -0.25) is 19.4 Å². The summed E-state index contributed by atoms with van der Waals surface area (Å²) >= 11 is 0. The second-order valence-corrected chi connectivity index (χ2v) is 7.84. The fraction of sp³-hybridized carbons (Fsp3) is 0.435. The van der Waals surface area contributed by atoms with Gasteiger partial charge in [-0.15, -0.1) is 0 Å². The molecule has 3 aliphatic heterocycles. The van der Waals surface area contributed by atoms with Crippen molar-refractivity contribution in [2.24, 2.45) is 0 Å². The summed E-state index contributed by atoms with van der Waals surface area (Å²) in [6.45, 7) is 4.96. The van der Waals surface area contributed by atoms with Crippen molar-refractivity contribution in [3.05, 3.63) is 53.0 Å². The largest absolute Gasteiger partial charge is 0.484 e. The number of nitrogens with zero attached hydrogens (tertiary/aromatic N) is 3. The normalized spacial score (nSPS) is 18.9. The Morgan fingerprint density at radius 2 is 1.61 bits per heavy atom. The van der Waals surface area contributed by atoms with Gasteiger partial charge in [-0.2, -0.15) is 0 Å². The summed E-state index contributed by atoms with van der Waals surface area (Å²) in [5, 5.41) is 0. The molecule has 0 radical (unpaired) electrons. The number of hydrogen-bond acceptors (Lipinski definition) is 6. The van der Waals surface area contributed by atoms with Gasteiger partial charge < -0.3 is 9.47 Å². The second kappa shape index (κ2) is 9.01. The molecule has 0 N–H and O–H groups in total. The van der Waals surface area contributed by atoms with Gasteiger partial charge in [0, 0.05) is 13.1 Å². The summed E-state index contributed by atoms with van der Waals surface area (Å²) in [7, 11) is 1.49.